The molecule has 1 saturated heterocycles. The minimum absolute atomic E-state index is 0.104. The van der Waals surface area contributed by atoms with Crippen molar-refractivity contribution in [1.82, 2.24) is 20.2 Å². The second kappa shape index (κ2) is 10.2. The van der Waals surface area contributed by atoms with E-state index >= 15 is 0 Å². The van der Waals surface area contributed by atoms with Crippen LogP contribution in [0.4, 0.5) is 17.5 Å². The van der Waals surface area contributed by atoms with Gasteiger partial charge in [-0.05, 0) is 98.7 Å². The first-order chi connectivity index (χ1) is 18.8. The Morgan fingerprint density at radius 1 is 1.10 bits per heavy atom. The normalized spacial score (nSPS) is 27.6. The number of amides is 1. The van der Waals surface area contributed by atoms with E-state index in [2.05, 4.69) is 41.6 Å². The van der Waals surface area contributed by atoms with Crippen LogP contribution in [-0.2, 0) is 4.79 Å². The molecule has 0 spiro atoms. The van der Waals surface area contributed by atoms with Gasteiger partial charge in [0, 0.05) is 19.3 Å². The van der Waals surface area contributed by atoms with Gasteiger partial charge in [-0.2, -0.15) is 4.98 Å². The Morgan fingerprint density at radius 3 is 2.59 bits per heavy atom. The van der Waals surface area contributed by atoms with Crippen molar-refractivity contribution in [2.45, 2.75) is 52.0 Å². The number of ether oxygens (including phenoxy) is 1. The predicted molar refractivity (Wildman–Crippen MR) is 158 cm³/mol. The van der Waals surface area contributed by atoms with Crippen molar-refractivity contribution in [1.29, 1.82) is 0 Å². The standard InChI is InChI=1S/C30H40N6O2S/c1-29(2)19-17-22(27(37)31-4)30(3,24(29)18-19)35-26-25-23(11-16-39-25)33-28(34-26)32-20-7-9-21(10-8-20)38-15-14-36-12-5-6-13-36/h7-11,16,19,22,24H,5-6,12-15,17-18H2,1-4H3,(H,31,37)(H2,32,33,34,35)/t19-,22+,24-,30-/m0/s1. The summed E-state index contributed by atoms with van der Waals surface area (Å²) in [6, 6.07) is 10.0. The number of nitrogens with one attached hydrogen (secondary N) is 3. The molecule has 0 radical (unpaired) electrons. The molecule has 3 heterocycles. The van der Waals surface area contributed by atoms with Crippen LogP contribution in [-0.4, -0.2) is 59.6 Å². The molecule has 4 fully saturated rings. The molecule has 3 aliphatic carbocycles. The predicted octanol–water partition coefficient (Wildman–Crippen LogP) is 5.51. The number of rotatable bonds is 9. The number of carbonyl (C=O) groups excluding carboxylic acids is 1. The molecule has 1 amide bonds. The Bertz CT molecular complexity index is 1330. The second-order valence-corrected chi connectivity index (χ2v) is 13.1. The van der Waals surface area contributed by atoms with Crippen molar-refractivity contribution in [3.05, 3.63) is 35.7 Å². The van der Waals surface area contributed by atoms with Crippen LogP contribution in [0, 0.1) is 23.2 Å². The monoisotopic (exact) mass is 548 g/mol. The minimum Gasteiger partial charge on any atom is -0.492 e. The number of benzene rings is 1. The van der Waals surface area contributed by atoms with Gasteiger partial charge >= 0.3 is 0 Å². The number of likely N-dealkylation sites (tertiary alicyclic amines) is 1. The molecule has 1 aliphatic heterocycles. The number of anilines is 3. The maximum absolute atomic E-state index is 13.0. The maximum atomic E-state index is 13.0. The van der Waals surface area contributed by atoms with Gasteiger partial charge < -0.3 is 20.7 Å². The molecule has 7 rings (SSSR count). The summed E-state index contributed by atoms with van der Waals surface area (Å²) >= 11 is 1.63. The van der Waals surface area contributed by atoms with Gasteiger partial charge in [0.25, 0.3) is 0 Å². The minimum atomic E-state index is -0.408. The van der Waals surface area contributed by atoms with Crippen LogP contribution in [0.15, 0.2) is 35.7 Å². The van der Waals surface area contributed by atoms with Gasteiger partial charge in [-0.1, -0.05) is 13.8 Å². The number of carbonyl (C=O) groups is 1. The fourth-order valence-electron chi connectivity index (χ4n) is 7.26. The molecule has 1 aromatic carbocycles. The molecular weight excluding hydrogens is 508 g/mol. The van der Waals surface area contributed by atoms with E-state index in [0.29, 0.717) is 24.4 Å². The smallest absolute Gasteiger partial charge is 0.229 e. The largest absolute Gasteiger partial charge is 0.492 e. The van der Waals surface area contributed by atoms with Gasteiger partial charge in [-0.3, -0.25) is 9.69 Å². The number of thiophene rings is 1. The molecular formula is C30H40N6O2S. The van der Waals surface area contributed by atoms with Crippen LogP contribution < -0.4 is 20.7 Å². The lowest BCUT2D eigenvalue weighted by molar-refractivity contribution is -0.155. The molecule has 3 saturated carbocycles. The van der Waals surface area contributed by atoms with Gasteiger partial charge in [0.2, 0.25) is 11.9 Å². The van der Waals surface area contributed by atoms with Gasteiger partial charge in [-0.25, -0.2) is 4.98 Å². The first-order valence-electron chi connectivity index (χ1n) is 14.2. The summed E-state index contributed by atoms with van der Waals surface area (Å²) in [6.07, 6.45) is 4.62. The summed E-state index contributed by atoms with van der Waals surface area (Å²) in [5, 5.41) is 12.2. The highest BCUT2D eigenvalue weighted by molar-refractivity contribution is 7.17. The molecule has 0 unspecified atom stereocenters. The fourth-order valence-corrected chi connectivity index (χ4v) is 8.03. The molecule has 2 aromatic heterocycles. The number of aromatic nitrogens is 2. The van der Waals surface area contributed by atoms with Gasteiger partial charge in [0.1, 0.15) is 18.2 Å². The van der Waals surface area contributed by atoms with Crippen LogP contribution in [0.25, 0.3) is 10.2 Å². The molecule has 4 atom stereocenters. The van der Waals surface area contributed by atoms with E-state index in [1.165, 1.54) is 25.9 Å². The third-order valence-corrected chi connectivity index (χ3v) is 10.6. The molecule has 39 heavy (non-hydrogen) atoms. The SMILES string of the molecule is CNC(=O)[C@H]1C[C@H]2C[C@@H](C2(C)C)[C@@]1(C)Nc1nc(Nc2ccc(OCCN3CCCC3)cc2)nc2ccsc12. The summed E-state index contributed by atoms with van der Waals surface area (Å²) < 4.78 is 6.97. The van der Waals surface area contributed by atoms with E-state index < -0.39 is 5.54 Å². The van der Waals surface area contributed by atoms with E-state index in [1.807, 2.05) is 35.7 Å². The zero-order valence-electron chi connectivity index (χ0n) is 23.4. The molecule has 2 bridgehead atoms. The third kappa shape index (κ3) is 4.84. The first kappa shape index (κ1) is 26.3. The van der Waals surface area contributed by atoms with E-state index in [4.69, 9.17) is 14.7 Å². The molecule has 4 aliphatic rings. The van der Waals surface area contributed by atoms with Crippen LogP contribution in [0.1, 0.15) is 46.5 Å². The number of hydrogen-bond donors (Lipinski definition) is 3. The van der Waals surface area contributed by atoms with Crippen LogP contribution in [0.2, 0.25) is 0 Å². The number of fused-ring (bicyclic) bond motifs is 3. The van der Waals surface area contributed by atoms with Crippen LogP contribution >= 0.6 is 11.3 Å². The zero-order valence-corrected chi connectivity index (χ0v) is 24.2. The summed E-state index contributed by atoms with van der Waals surface area (Å²) in [5.74, 6) is 3.14. The lowest BCUT2D eigenvalue weighted by atomic mass is 9.40. The quantitative estimate of drug-likeness (QED) is 0.325. The first-order valence-corrected chi connectivity index (χ1v) is 15.1. The van der Waals surface area contributed by atoms with Crippen molar-refractivity contribution >= 4 is 44.9 Å². The van der Waals surface area contributed by atoms with Gasteiger partial charge in [-0.15, -0.1) is 11.3 Å². The van der Waals surface area contributed by atoms with Crippen molar-refractivity contribution < 1.29 is 9.53 Å². The Morgan fingerprint density at radius 2 is 1.87 bits per heavy atom. The lowest BCUT2D eigenvalue weighted by Gasteiger charge is -2.66. The summed E-state index contributed by atoms with van der Waals surface area (Å²) in [6.45, 7) is 10.9. The van der Waals surface area contributed by atoms with E-state index in [0.717, 1.165) is 46.9 Å². The Kier molecular flexibility index (Phi) is 6.91. The molecule has 8 nitrogen and oxygen atoms in total. The molecule has 9 heteroatoms. The second-order valence-electron chi connectivity index (χ2n) is 12.2. The summed E-state index contributed by atoms with van der Waals surface area (Å²) in [5.41, 5.74) is 1.57. The average Bonchev–Trinajstić information content (AvgIpc) is 3.61. The lowest BCUT2D eigenvalue weighted by Crippen LogP contribution is -2.69. The zero-order chi connectivity index (χ0) is 27.2. The third-order valence-electron chi connectivity index (χ3n) is 9.68. The number of hydrogen-bond acceptors (Lipinski definition) is 8. The Labute approximate surface area is 234 Å². The highest BCUT2D eigenvalue weighted by Crippen LogP contribution is 2.65. The summed E-state index contributed by atoms with van der Waals surface area (Å²) in [7, 11) is 1.74. The van der Waals surface area contributed by atoms with Crippen LogP contribution in [0.3, 0.4) is 0 Å². The van der Waals surface area contributed by atoms with E-state index in [1.54, 1.807) is 18.4 Å². The average molecular weight is 549 g/mol. The topological polar surface area (TPSA) is 91.4 Å². The number of nitrogens with zero attached hydrogens (tertiary/aromatic N) is 3. The summed E-state index contributed by atoms with van der Waals surface area (Å²) in [4.78, 5) is 25.2. The maximum Gasteiger partial charge on any atom is 0.229 e. The Balaban J connectivity index is 1.21. The van der Waals surface area contributed by atoms with Gasteiger partial charge in [0.15, 0.2) is 0 Å². The van der Waals surface area contributed by atoms with Crippen LogP contribution in [0.5, 0.6) is 5.75 Å². The molecule has 208 valence electrons. The Hall–Kier alpha value is -2.91. The van der Waals surface area contributed by atoms with E-state index in [-0.39, 0.29) is 17.2 Å². The molecule has 3 N–H and O–H groups in total. The highest BCUT2D eigenvalue weighted by atomic mass is 32.1. The van der Waals surface area contributed by atoms with Crippen molar-refractivity contribution in [2.24, 2.45) is 23.2 Å². The fraction of sp³-hybridized carbons (Fsp3) is 0.567. The van der Waals surface area contributed by atoms with Crippen molar-refractivity contribution in [3.8, 4) is 5.75 Å². The van der Waals surface area contributed by atoms with Crippen molar-refractivity contribution in [2.75, 3.05) is 43.9 Å². The van der Waals surface area contributed by atoms with E-state index in [9.17, 15) is 4.79 Å². The van der Waals surface area contributed by atoms with Crippen molar-refractivity contribution in [3.63, 3.8) is 0 Å². The molecule has 3 aromatic rings. The highest BCUT2D eigenvalue weighted by Gasteiger charge is 2.64. The van der Waals surface area contributed by atoms with Gasteiger partial charge in [0.05, 0.1) is 21.7 Å².